The molecular weight excluding hydrogens is 232 g/mol. The summed E-state index contributed by atoms with van der Waals surface area (Å²) in [4.78, 5) is 31.0. The van der Waals surface area contributed by atoms with E-state index in [4.69, 9.17) is 5.73 Å². The molecule has 0 aromatic carbocycles. The van der Waals surface area contributed by atoms with Crippen molar-refractivity contribution in [3.8, 4) is 0 Å². The van der Waals surface area contributed by atoms with Crippen molar-refractivity contribution in [2.24, 2.45) is 5.73 Å². The van der Waals surface area contributed by atoms with Gasteiger partial charge in [0.25, 0.3) is 5.56 Å². The first-order chi connectivity index (χ1) is 8.58. The molecule has 2 atom stereocenters. The SMILES string of the molecule is CC(C(N)=O)N1CCCC(c2c[nH]c(=O)cn2)C1. The lowest BCUT2D eigenvalue weighted by Crippen LogP contribution is -2.47. The van der Waals surface area contributed by atoms with Crippen LogP contribution in [0.4, 0.5) is 0 Å². The van der Waals surface area contributed by atoms with E-state index < -0.39 is 0 Å². The van der Waals surface area contributed by atoms with Crippen LogP contribution in [0.25, 0.3) is 0 Å². The summed E-state index contributed by atoms with van der Waals surface area (Å²) in [5.41, 5.74) is 6.00. The van der Waals surface area contributed by atoms with Crippen LogP contribution in [0.1, 0.15) is 31.4 Å². The average Bonchev–Trinajstić information content (AvgIpc) is 2.38. The molecule has 1 aliphatic rings. The van der Waals surface area contributed by atoms with E-state index in [1.165, 1.54) is 6.20 Å². The minimum absolute atomic E-state index is 0.197. The van der Waals surface area contributed by atoms with E-state index in [0.29, 0.717) is 0 Å². The third-order valence-corrected chi connectivity index (χ3v) is 3.52. The van der Waals surface area contributed by atoms with Gasteiger partial charge in [-0.1, -0.05) is 0 Å². The molecule has 1 aliphatic heterocycles. The smallest absolute Gasteiger partial charge is 0.266 e. The van der Waals surface area contributed by atoms with Crippen LogP contribution in [0, 0.1) is 0 Å². The Morgan fingerprint density at radius 1 is 1.67 bits per heavy atom. The second-order valence-corrected chi connectivity index (χ2v) is 4.75. The summed E-state index contributed by atoms with van der Waals surface area (Å²) in [7, 11) is 0. The number of nitrogens with one attached hydrogen (secondary N) is 1. The van der Waals surface area contributed by atoms with Crippen molar-refractivity contribution in [1.29, 1.82) is 0 Å². The molecule has 1 fully saturated rings. The van der Waals surface area contributed by atoms with Crippen LogP contribution < -0.4 is 11.3 Å². The Bertz CT molecular complexity index is 465. The maximum atomic E-state index is 11.2. The van der Waals surface area contributed by atoms with Gasteiger partial charge in [0.15, 0.2) is 0 Å². The van der Waals surface area contributed by atoms with E-state index in [9.17, 15) is 9.59 Å². The molecule has 1 aromatic rings. The highest BCUT2D eigenvalue weighted by Gasteiger charge is 2.27. The van der Waals surface area contributed by atoms with E-state index >= 15 is 0 Å². The molecule has 0 spiro atoms. The molecule has 2 unspecified atom stereocenters. The van der Waals surface area contributed by atoms with Gasteiger partial charge in [-0.25, -0.2) is 0 Å². The fraction of sp³-hybridized carbons (Fsp3) is 0.583. The van der Waals surface area contributed by atoms with Crippen LogP contribution in [0.3, 0.4) is 0 Å². The average molecular weight is 250 g/mol. The van der Waals surface area contributed by atoms with Gasteiger partial charge in [0.2, 0.25) is 5.91 Å². The molecule has 6 heteroatoms. The lowest BCUT2D eigenvalue weighted by Gasteiger charge is -2.35. The van der Waals surface area contributed by atoms with Gasteiger partial charge >= 0.3 is 0 Å². The van der Waals surface area contributed by atoms with Gasteiger partial charge in [-0.05, 0) is 26.3 Å². The monoisotopic (exact) mass is 250 g/mol. The predicted octanol–water partition coefficient (Wildman–Crippen LogP) is -0.177. The maximum absolute atomic E-state index is 11.2. The van der Waals surface area contributed by atoms with E-state index in [1.54, 1.807) is 6.20 Å². The highest BCUT2D eigenvalue weighted by molar-refractivity contribution is 5.79. The summed E-state index contributed by atoms with van der Waals surface area (Å²) < 4.78 is 0. The highest BCUT2D eigenvalue weighted by atomic mass is 16.1. The third-order valence-electron chi connectivity index (χ3n) is 3.52. The molecule has 0 saturated carbocycles. The number of rotatable bonds is 3. The fourth-order valence-electron chi connectivity index (χ4n) is 2.36. The maximum Gasteiger partial charge on any atom is 0.266 e. The number of nitrogens with zero attached hydrogens (tertiary/aromatic N) is 2. The number of hydrogen-bond acceptors (Lipinski definition) is 4. The number of carbonyl (C=O) groups is 1. The number of aromatic nitrogens is 2. The van der Waals surface area contributed by atoms with E-state index in [0.717, 1.165) is 31.6 Å². The quantitative estimate of drug-likeness (QED) is 0.778. The Morgan fingerprint density at radius 2 is 2.44 bits per heavy atom. The van der Waals surface area contributed by atoms with E-state index in [2.05, 4.69) is 14.9 Å². The first-order valence-corrected chi connectivity index (χ1v) is 6.16. The molecule has 0 bridgehead atoms. The Balaban J connectivity index is 2.09. The predicted molar refractivity (Wildman–Crippen MR) is 67.1 cm³/mol. The van der Waals surface area contributed by atoms with Crippen molar-refractivity contribution in [3.05, 3.63) is 28.4 Å². The molecule has 0 radical (unpaired) electrons. The number of nitrogens with two attached hydrogens (primary N) is 1. The molecule has 2 rings (SSSR count). The molecule has 1 saturated heterocycles. The number of H-pyrrole nitrogens is 1. The summed E-state index contributed by atoms with van der Waals surface area (Å²) in [6.45, 7) is 3.46. The Morgan fingerprint density at radius 3 is 3.06 bits per heavy atom. The zero-order valence-electron chi connectivity index (χ0n) is 10.4. The molecule has 18 heavy (non-hydrogen) atoms. The van der Waals surface area contributed by atoms with Gasteiger partial charge in [-0.3, -0.25) is 19.5 Å². The lowest BCUT2D eigenvalue weighted by molar-refractivity contribution is -0.123. The molecular formula is C12H18N4O2. The van der Waals surface area contributed by atoms with Gasteiger partial charge in [0.05, 0.1) is 17.9 Å². The van der Waals surface area contributed by atoms with Crippen molar-refractivity contribution in [2.45, 2.75) is 31.7 Å². The number of likely N-dealkylation sites (tertiary alicyclic amines) is 1. The van der Waals surface area contributed by atoms with Crippen molar-refractivity contribution in [3.63, 3.8) is 0 Å². The molecule has 2 heterocycles. The van der Waals surface area contributed by atoms with Crippen molar-refractivity contribution in [1.82, 2.24) is 14.9 Å². The third kappa shape index (κ3) is 2.76. The molecule has 0 aliphatic carbocycles. The molecule has 3 N–H and O–H groups in total. The Hall–Kier alpha value is -1.69. The number of hydrogen-bond donors (Lipinski definition) is 2. The highest BCUT2D eigenvalue weighted by Crippen LogP contribution is 2.25. The number of carbonyl (C=O) groups excluding carboxylic acids is 1. The molecule has 1 aromatic heterocycles. The topological polar surface area (TPSA) is 92.1 Å². The van der Waals surface area contributed by atoms with Gasteiger partial charge < -0.3 is 10.7 Å². The summed E-state index contributed by atoms with van der Waals surface area (Å²) in [6, 6.07) is -0.254. The zero-order chi connectivity index (χ0) is 13.1. The van der Waals surface area contributed by atoms with Crippen molar-refractivity contribution in [2.75, 3.05) is 13.1 Å². The Kier molecular flexibility index (Phi) is 3.76. The van der Waals surface area contributed by atoms with Gasteiger partial charge in [0, 0.05) is 18.7 Å². The first-order valence-electron chi connectivity index (χ1n) is 6.16. The zero-order valence-corrected chi connectivity index (χ0v) is 10.4. The summed E-state index contributed by atoms with van der Waals surface area (Å²) in [6.07, 6.45) is 4.97. The van der Waals surface area contributed by atoms with Crippen LogP contribution in [0.5, 0.6) is 0 Å². The van der Waals surface area contributed by atoms with E-state index in [-0.39, 0.29) is 23.4 Å². The number of piperidine rings is 1. The van der Waals surface area contributed by atoms with Crippen LogP contribution in [-0.4, -0.2) is 39.9 Å². The standard InChI is InChI=1S/C12H18N4O2/c1-8(12(13)18)16-4-2-3-9(7-16)10-5-15-11(17)6-14-10/h5-6,8-9H,2-4,7H2,1H3,(H2,13,18)(H,15,17). The normalized spacial score (nSPS) is 22.6. The number of primary amides is 1. The van der Waals surface area contributed by atoms with Gasteiger partial charge in [0.1, 0.15) is 0 Å². The van der Waals surface area contributed by atoms with Crippen LogP contribution in [0.2, 0.25) is 0 Å². The van der Waals surface area contributed by atoms with Crippen LogP contribution in [-0.2, 0) is 4.79 Å². The largest absolute Gasteiger partial charge is 0.368 e. The number of amides is 1. The Labute approximate surface area is 105 Å². The van der Waals surface area contributed by atoms with Crippen LogP contribution in [0.15, 0.2) is 17.2 Å². The van der Waals surface area contributed by atoms with Crippen molar-refractivity contribution < 1.29 is 4.79 Å². The molecule has 98 valence electrons. The second kappa shape index (κ2) is 5.30. The van der Waals surface area contributed by atoms with E-state index in [1.807, 2.05) is 6.92 Å². The summed E-state index contributed by atoms with van der Waals surface area (Å²) >= 11 is 0. The second-order valence-electron chi connectivity index (χ2n) is 4.75. The van der Waals surface area contributed by atoms with Gasteiger partial charge in [-0.15, -0.1) is 0 Å². The minimum Gasteiger partial charge on any atom is -0.368 e. The summed E-state index contributed by atoms with van der Waals surface area (Å²) in [5.74, 6) is -0.0533. The number of aromatic amines is 1. The summed E-state index contributed by atoms with van der Waals surface area (Å²) in [5, 5.41) is 0. The molecule has 6 nitrogen and oxygen atoms in total. The van der Waals surface area contributed by atoms with Crippen molar-refractivity contribution >= 4 is 5.91 Å². The fourth-order valence-corrected chi connectivity index (χ4v) is 2.36. The van der Waals surface area contributed by atoms with Crippen LogP contribution >= 0.6 is 0 Å². The first kappa shape index (κ1) is 12.8. The lowest BCUT2D eigenvalue weighted by atomic mass is 9.94. The minimum atomic E-state index is -0.301. The molecule has 1 amide bonds. The van der Waals surface area contributed by atoms with Gasteiger partial charge in [-0.2, -0.15) is 0 Å².